The Morgan fingerprint density at radius 3 is 2.40 bits per heavy atom. The first kappa shape index (κ1) is 17.2. The van der Waals surface area contributed by atoms with Crippen molar-refractivity contribution in [1.29, 1.82) is 0 Å². The fraction of sp³-hybridized carbons (Fsp3) is 0.294. The Balaban J connectivity index is 1.79. The Morgan fingerprint density at radius 1 is 1.12 bits per heavy atom. The molecule has 1 N–H and O–H groups in total. The lowest BCUT2D eigenvalue weighted by atomic mass is 10.1. The Kier molecular flexibility index (Phi) is 4.38. The normalized spacial score (nSPS) is 11.7. The summed E-state index contributed by atoms with van der Waals surface area (Å²) in [7, 11) is -1.98. The number of hydrogen-bond acceptors (Lipinski definition) is 4. The van der Waals surface area contributed by atoms with Gasteiger partial charge in [0.2, 0.25) is 0 Å². The van der Waals surface area contributed by atoms with Crippen molar-refractivity contribution in [3.8, 4) is 0 Å². The number of benzene rings is 1. The van der Waals surface area contributed by atoms with Crippen LogP contribution in [0.2, 0.25) is 0 Å². The number of aryl methyl sites for hydroxylation is 3. The maximum atomic E-state index is 12.7. The van der Waals surface area contributed by atoms with E-state index in [0.29, 0.717) is 23.6 Å². The highest BCUT2D eigenvalue weighted by molar-refractivity contribution is 7.92. The van der Waals surface area contributed by atoms with Crippen molar-refractivity contribution in [2.75, 3.05) is 4.72 Å². The molecule has 0 saturated heterocycles. The number of rotatable bonds is 5. The Hall–Kier alpha value is -2.61. The van der Waals surface area contributed by atoms with Crippen LogP contribution in [0.4, 0.5) is 5.69 Å². The summed E-state index contributed by atoms with van der Waals surface area (Å²) in [5.41, 5.74) is 3.79. The molecule has 0 aliphatic rings. The van der Waals surface area contributed by atoms with Crippen molar-refractivity contribution in [1.82, 2.24) is 19.6 Å². The highest BCUT2D eigenvalue weighted by Crippen LogP contribution is 2.22. The van der Waals surface area contributed by atoms with Crippen molar-refractivity contribution >= 4 is 15.7 Å². The van der Waals surface area contributed by atoms with Crippen LogP contribution in [0.15, 0.2) is 41.6 Å². The van der Waals surface area contributed by atoms with Crippen LogP contribution in [-0.4, -0.2) is 28.0 Å². The monoisotopic (exact) mass is 359 g/mol. The fourth-order valence-corrected chi connectivity index (χ4v) is 4.20. The van der Waals surface area contributed by atoms with Crippen molar-refractivity contribution in [3.63, 3.8) is 0 Å². The van der Waals surface area contributed by atoms with Gasteiger partial charge in [0, 0.05) is 13.2 Å². The van der Waals surface area contributed by atoms with E-state index in [-0.39, 0.29) is 4.90 Å². The SMILES string of the molecule is Cc1ccc(Cn2cc(NS(=O)(=O)c3c(C)nn(C)c3C)cn2)cc1. The molecule has 0 bridgehead atoms. The Morgan fingerprint density at radius 2 is 1.80 bits per heavy atom. The minimum absolute atomic E-state index is 0.210. The minimum Gasteiger partial charge on any atom is -0.276 e. The zero-order valence-electron chi connectivity index (χ0n) is 14.7. The first-order valence-electron chi connectivity index (χ1n) is 7.87. The summed E-state index contributed by atoms with van der Waals surface area (Å²) in [6.07, 6.45) is 3.19. The predicted molar refractivity (Wildman–Crippen MR) is 96.0 cm³/mol. The molecule has 0 spiro atoms. The van der Waals surface area contributed by atoms with E-state index in [1.807, 2.05) is 31.2 Å². The second kappa shape index (κ2) is 6.36. The number of sulfonamides is 1. The van der Waals surface area contributed by atoms with Crippen LogP contribution < -0.4 is 4.72 Å². The molecule has 3 rings (SSSR count). The summed E-state index contributed by atoms with van der Waals surface area (Å²) in [4.78, 5) is 0.210. The van der Waals surface area contributed by atoms with E-state index in [1.54, 1.807) is 36.5 Å². The zero-order chi connectivity index (χ0) is 18.2. The largest absolute Gasteiger partial charge is 0.276 e. The number of hydrogen-bond donors (Lipinski definition) is 1. The molecule has 3 aromatic rings. The first-order valence-corrected chi connectivity index (χ1v) is 9.35. The lowest BCUT2D eigenvalue weighted by Crippen LogP contribution is -2.14. The van der Waals surface area contributed by atoms with Crippen molar-refractivity contribution in [2.45, 2.75) is 32.2 Å². The van der Waals surface area contributed by atoms with Crippen LogP contribution in [0.3, 0.4) is 0 Å². The smallest absolute Gasteiger partial charge is 0.265 e. The van der Waals surface area contributed by atoms with E-state index in [0.717, 1.165) is 5.56 Å². The molecule has 0 unspecified atom stereocenters. The third kappa shape index (κ3) is 3.58. The number of nitrogens with zero attached hydrogens (tertiary/aromatic N) is 4. The van der Waals surface area contributed by atoms with Crippen LogP contribution in [0.5, 0.6) is 0 Å². The van der Waals surface area contributed by atoms with Gasteiger partial charge in [-0.25, -0.2) is 8.42 Å². The molecule has 0 fully saturated rings. The molecule has 1 aromatic carbocycles. The van der Waals surface area contributed by atoms with Crippen molar-refractivity contribution in [3.05, 3.63) is 59.2 Å². The summed E-state index contributed by atoms with van der Waals surface area (Å²) in [6, 6.07) is 8.14. The molecule has 2 heterocycles. The molecular weight excluding hydrogens is 338 g/mol. The van der Waals surface area contributed by atoms with E-state index in [1.165, 1.54) is 11.8 Å². The lowest BCUT2D eigenvalue weighted by molar-refractivity contribution is 0.599. The molecule has 0 amide bonds. The average Bonchev–Trinajstić information content (AvgIpc) is 3.05. The summed E-state index contributed by atoms with van der Waals surface area (Å²) >= 11 is 0. The van der Waals surface area contributed by atoms with Gasteiger partial charge in [0.1, 0.15) is 4.90 Å². The molecule has 0 aliphatic carbocycles. The first-order chi connectivity index (χ1) is 11.8. The summed E-state index contributed by atoms with van der Waals surface area (Å²) < 4.78 is 31.2. The van der Waals surface area contributed by atoms with Gasteiger partial charge < -0.3 is 0 Å². The third-order valence-corrected chi connectivity index (χ3v) is 5.69. The van der Waals surface area contributed by atoms with E-state index in [9.17, 15) is 8.42 Å². The highest BCUT2D eigenvalue weighted by atomic mass is 32.2. The molecular formula is C17H21N5O2S. The fourth-order valence-electron chi connectivity index (χ4n) is 2.73. The molecule has 0 saturated carbocycles. The van der Waals surface area contributed by atoms with Crippen molar-refractivity contribution < 1.29 is 8.42 Å². The molecule has 25 heavy (non-hydrogen) atoms. The van der Waals surface area contributed by atoms with Crippen LogP contribution in [0.25, 0.3) is 0 Å². The maximum absolute atomic E-state index is 12.7. The van der Waals surface area contributed by atoms with E-state index >= 15 is 0 Å². The topological polar surface area (TPSA) is 81.8 Å². The minimum atomic E-state index is -3.71. The van der Waals surface area contributed by atoms with Gasteiger partial charge in [-0.2, -0.15) is 10.2 Å². The molecule has 0 atom stereocenters. The number of nitrogens with one attached hydrogen (secondary N) is 1. The van der Waals surface area contributed by atoms with Crippen LogP contribution >= 0.6 is 0 Å². The van der Waals surface area contributed by atoms with Crippen LogP contribution in [0.1, 0.15) is 22.5 Å². The quantitative estimate of drug-likeness (QED) is 0.758. The van der Waals surface area contributed by atoms with E-state index in [4.69, 9.17) is 0 Å². The molecule has 132 valence electrons. The molecule has 0 radical (unpaired) electrons. The van der Waals surface area contributed by atoms with Crippen LogP contribution in [-0.2, 0) is 23.6 Å². The van der Waals surface area contributed by atoms with Gasteiger partial charge in [0.15, 0.2) is 0 Å². The summed E-state index contributed by atoms with van der Waals surface area (Å²) in [5.74, 6) is 0. The van der Waals surface area contributed by atoms with Gasteiger partial charge in [0.25, 0.3) is 10.0 Å². The molecule has 2 aromatic heterocycles. The standard InChI is InChI=1S/C17H21N5O2S/c1-12-5-7-15(8-6-12)10-22-11-16(9-18-22)20-25(23,24)17-13(2)19-21(4)14(17)3/h5-9,11,20H,10H2,1-4H3. The third-order valence-electron chi connectivity index (χ3n) is 4.06. The summed E-state index contributed by atoms with van der Waals surface area (Å²) in [5, 5.41) is 8.39. The van der Waals surface area contributed by atoms with E-state index < -0.39 is 10.0 Å². The molecule has 0 aliphatic heterocycles. The molecule has 7 nitrogen and oxygen atoms in total. The molecule has 8 heteroatoms. The van der Waals surface area contributed by atoms with Gasteiger partial charge in [-0.05, 0) is 26.3 Å². The maximum Gasteiger partial charge on any atom is 0.265 e. The van der Waals surface area contributed by atoms with Gasteiger partial charge in [-0.3, -0.25) is 14.1 Å². The Labute approximate surface area is 147 Å². The zero-order valence-corrected chi connectivity index (χ0v) is 15.5. The van der Waals surface area contributed by atoms with Gasteiger partial charge in [-0.1, -0.05) is 29.8 Å². The summed E-state index contributed by atoms with van der Waals surface area (Å²) in [6.45, 7) is 6.03. The second-order valence-electron chi connectivity index (χ2n) is 6.14. The van der Waals surface area contributed by atoms with Gasteiger partial charge >= 0.3 is 0 Å². The average molecular weight is 359 g/mol. The second-order valence-corrected chi connectivity index (χ2v) is 7.76. The number of anilines is 1. The van der Waals surface area contributed by atoms with Crippen molar-refractivity contribution in [2.24, 2.45) is 7.05 Å². The van der Waals surface area contributed by atoms with E-state index in [2.05, 4.69) is 14.9 Å². The Bertz CT molecular complexity index is 1000. The van der Waals surface area contributed by atoms with Gasteiger partial charge in [0.05, 0.1) is 29.8 Å². The van der Waals surface area contributed by atoms with Crippen LogP contribution in [0, 0.1) is 20.8 Å². The highest BCUT2D eigenvalue weighted by Gasteiger charge is 2.24. The number of aromatic nitrogens is 4. The predicted octanol–water partition coefficient (Wildman–Crippen LogP) is 2.39. The van der Waals surface area contributed by atoms with Gasteiger partial charge in [-0.15, -0.1) is 0 Å². The lowest BCUT2D eigenvalue weighted by Gasteiger charge is -2.06.